The van der Waals surface area contributed by atoms with Crippen molar-refractivity contribution in [1.82, 2.24) is 5.43 Å². The zero-order chi connectivity index (χ0) is 10.8. The fraction of sp³-hybridized carbons (Fsp3) is 0.100. The van der Waals surface area contributed by atoms with Crippen LogP contribution in [0.2, 0.25) is 0 Å². The second kappa shape index (κ2) is 3.78. The van der Waals surface area contributed by atoms with Gasteiger partial charge in [0.15, 0.2) is 5.11 Å². The molecular formula is C10H9N3OS. The smallest absolute Gasteiger partial charge is 0.209 e. The fourth-order valence-corrected chi connectivity index (χ4v) is 1.57. The molecule has 2 rings (SSSR count). The lowest BCUT2D eigenvalue weighted by Crippen LogP contribution is -2.26. The number of carbonyl (C=O) groups is 1. The minimum atomic E-state index is -0.0608. The van der Waals surface area contributed by atoms with Gasteiger partial charge in [-0.25, -0.2) is 0 Å². The summed E-state index contributed by atoms with van der Waals surface area (Å²) in [6.45, 7) is 0. The summed E-state index contributed by atoms with van der Waals surface area (Å²) in [6.07, 6.45) is 0.532. The molecule has 0 atom stereocenters. The minimum Gasteiger partial charge on any atom is -0.375 e. The summed E-state index contributed by atoms with van der Waals surface area (Å²) < 4.78 is 0. The SMILES string of the molecule is NC(=S)N/N=C1\Cc2ccccc2C1=O. The van der Waals surface area contributed by atoms with Gasteiger partial charge in [0.05, 0.1) is 0 Å². The molecule has 0 fully saturated rings. The van der Waals surface area contributed by atoms with Crippen molar-refractivity contribution in [2.24, 2.45) is 10.8 Å². The lowest BCUT2D eigenvalue weighted by molar-refractivity contribution is 0.106. The highest BCUT2D eigenvalue weighted by Gasteiger charge is 2.25. The molecule has 15 heavy (non-hydrogen) atoms. The number of carbonyl (C=O) groups excluding carboxylic acids is 1. The van der Waals surface area contributed by atoms with Crippen molar-refractivity contribution in [3.63, 3.8) is 0 Å². The molecule has 0 saturated heterocycles. The van der Waals surface area contributed by atoms with E-state index in [1.807, 2.05) is 18.2 Å². The van der Waals surface area contributed by atoms with Gasteiger partial charge in [0.1, 0.15) is 5.71 Å². The first-order valence-corrected chi connectivity index (χ1v) is 4.84. The van der Waals surface area contributed by atoms with Crippen molar-refractivity contribution in [3.05, 3.63) is 35.4 Å². The molecule has 5 heteroatoms. The number of nitrogens with zero attached hydrogens (tertiary/aromatic N) is 1. The largest absolute Gasteiger partial charge is 0.375 e. The summed E-state index contributed by atoms with van der Waals surface area (Å²) in [5.41, 5.74) is 9.80. The van der Waals surface area contributed by atoms with E-state index in [2.05, 4.69) is 22.7 Å². The summed E-state index contributed by atoms with van der Waals surface area (Å²) in [5.74, 6) is -0.0608. The Kier molecular flexibility index (Phi) is 2.47. The van der Waals surface area contributed by atoms with Crippen molar-refractivity contribution in [2.45, 2.75) is 6.42 Å². The predicted molar refractivity (Wildman–Crippen MR) is 61.8 cm³/mol. The number of hydrogen-bond donors (Lipinski definition) is 2. The van der Waals surface area contributed by atoms with Crippen LogP contribution in [0.4, 0.5) is 0 Å². The molecule has 1 aliphatic rings. The first-order chi connectivity index (χ1) is 7.18. The third-order valence-electron chi connectivity index (χ3n) is 2.18. The van der Waals surface area contributed by atoms with E-state index in [4.69, 9.17) is 5.73 Å². The van der Waals surface area contributed by atoms with Crippen LogP contribution >= 0.6 is 12.2 Å². The van der Waals surface area contributed by atoms with E-state index < -0.39 is 0 Å². The number of nitrogens with one attached hydrogen (secondary N) is 1. The second-order valence-electron chi connectivity index (χ2n) is 3.20. The van der Waals surface area contributed by atoms with Gasteiger partial charge >= 0.3 is 0 Å². The van der Waals surface area contributed by atoms with Crippen molar-refractivity contribution in [3.8, 4) is 0 Å². The van der Waals surface area contributed by atoms with E-state index in [9.17, 15) is 4.79 Å². The Bertz CT molecular complexity index is 467. The Morgan fingerprint density at radius 1 is 1.47 bits per heavy atom. The quantitative estimate of drug-likeness (QED) is 0.536. The standard InChI is InChI=1S/C10H9N3OS/c11-10(15)13-12-8-5-6-3-1-2-4-7(6)9(8)14/h1-4H,5H2,(H3,11,13,15)/b12-8+. The second-order valence-corrected chi connectivity index (χ2v) is 3.64. The summed E-state index contributed by atoms with van der Waals surface area (Å²) in [7, 11) is 0. The van der Waals surface area contributed by atoms with Gasteiger partial charge in [-0.3, -0.25) is 10.2 Å². The maximum Gasteiger partial charge on any atom is 0.209 e. The first-order valence-electron chi connectivity index (χ1n) is 4.43. The van der Waals surface area contributed by atoms with Crippen molar-refractivity contribution >= 4 is 28.8 Å². The molecule has 0 aromatic heterocycles. The van der Waals surface area contributed by atoms with Crippen molar-refractivity contribution < 1.29 is 4.79 Å². The first kappa shape index (κ1) is 9.79. The molecule has 1 aliphatic carbocycles. The number of hydrogen-bond acceptors (Lipinski definition) is 3. The molecule has 0 amide bonds. The Balaban J connectivity index is 2.27. The number of rotatable bonds is 1. The van der Waals surface area contributed by atoms with Gasteiger partial charge in [-0.1, -0.05) is 24.3 Å². The van der Waals surface area contributed by atoms with Crippen LogP contribution in [0, 0.1) is 0 Å². The number of fused-ring (bicyclic) bond motifs is 1. The van der Waals surface area contributed by atoms with Gasteiger partial charge < -0.3 is 5.73 Å². The molecule has 4 nitrogen and oxygen atoms in total. The molecule has 1 aromatic carbocycles. The highest BCUT2D eigenvalue weighted by atomic mass is 32.1. The Morgan fingerprint density at radius 2 is 2.20 bits per heavy atom. The molecule has 0 spiro atoms. The monoisotopic (exact) mass is 219 g/mol. The van der Waals surface area contributed by atoms with Crippen LogP contribution in [0.3, 0.4) is 0 Å². The van der Waals surface area contributed by atoms with E-state index >= 15 is 0 Å². The Hall–Kier alpha value is -1.75. The minimum absolute atomic E-state index is 0.0608. The van der Waals surface area contributed by atoms with Gasteiger partial charge in [0, 0.05) is 12.0 Å². The maximum atomic E-state index is 11.8. The van der Waals surface area contributed by atoms with E-state index in [1.165, 1.54) is 0 Å². The summed E-state index contributed by atoms with van der Waals surface area (Å²) in [5, 5.41) is 3.93. The number of ketones is 1. The lowest BCUT2D eigenvalue weighted by Gasteiger charge is -1.96. The van der Waals surface area contributed by atoms with E-state index in [-0.39, 0.29) is 10.9 Å². The number of nitrogens with two attached hydrogens (primary N) is 1. The highest BCUT2D eigenvalue weighted by Crippen LogP contribution is 2.19. The molecule has 0 unspecified atom stereocenters. The molecule has 0 saturated carbocycles. The normalized spacial score (nSPS) is 16.5. The van der Waals surface area contributed by atoms with E-state index in [1.54, 1.807) is 6.07 Å². The Morgan fingerprint density at radius 3 is 2.87 bits per heavy atom. The van der Waals surface area contributed by atoms with Crippen LogP contribution in [-0.2, 0) is 6.42 Å². The number of Topliss-reactive ketones (excluding diaryl/α,β-unsaturated/α-hetero) is 1. The van der Waals surface area contributed by atoms with Crippen LogP contribution < -0.4 is 11.2 Å². The van der Waals surface area contributed by atoms with Crippen molar-refractivity contribution in [1.29, 1.82) is 0 Å². The molecule has 0 heterocycles. The third kappa shape index (κ3) is 1.87. The molecule has 0 bridgehead atoms. The molecule has 1 aromatic rings. The highest BCUT2D eigenvalue weighted by molar-refractivity contribution is 7.80. The number of thiocarbonyl (C=S) groups is 1. The summed E-state index contributed by atoms with van der Waals surface area (Å²) in [6, 6.07) is 7.44. The third-order valence-corrected chi connectivity index (χ3v) is 2.27. The topological polar surface area (TPSA) is 67.5 Å². The van der Waals surface area contributed by atoms with Crippen LogP contribution in [0.15, 0.2) is 29.4 Å². The average Bonchev–Trinajstić information content (AvgIpc) is 2.54. The molecular weight excluding hydrogens is 210 g/mol. The summed E-state index contributed by atoms with van der Waals surface area (Å²) >= 11 is 4.60. The molecule has 76 valence electrons. The van der Waals surface area contributed by atoms with Gasteiger partial charge in [0.2, 0.25) is 5.78 Å². The Labute approximate surface area is 92.2 Å². The van der Waals surface area contributed by atoms with Crippen LogP contribution in [0.1, 0.15) is 15.9 Å². The van der Waals surface area contributed by atoms with Gasteiger partial charge in [0.25, 0.3) is 0 Å². The summed E-state index contributed by atoms with van der Waals surface area (Å²) in [4.78, 5) is 11.8. The van der Waals surface area contributed by atoms with Crippen LogP contribution in [0.25, 0.3) is 0 Å². The zero-order valence-electron chi connectivity index (χ0n) is 7.86. The zero-order valence-corrected chi connectivity index (χ0v) is 8.67. The maximum absolute atomic E-state index is 11.8. The van der Waals surface area contributed by atoms with Crippen molar-refractivity contribution in [2.75, 3.05) is 0 Å². The molecule has 0 aliphatic heterocycles. The number of hydrazone groups is 1. The van der Waals surface area contributed by atoms with Crippen LogP contribution in [0.5, 0.6) is 0 Å². The average molecular weight is 219 g/mol. The fourth-order valence-electron chi connectivity index (χ4n) is 1.52. The lowest BCUT2D eigenvalue weighted by atomic mass is 10.1. The molecule has 3 N–H and O–H groups in total. The van der Waals surface area contributed by atoms with Gasteiger partial charge in [-0.05, 0) is 17.8 Å². The van der Waals surface area contributed by atoms with E-state index in [0.717, 1.165) is 5.56 Å². The van der Waals surface area contributed by atoms with Gasteiger partial charge in [-0.15, -0.1) is 0 Å². The number of benzene rings is 1. The van der Waals surface area contributed by atoms with E-state index in [0.29, 0.717) is 17.7 Å². The van der Waals surface area contributed by atoms with Crippen LogP contribution in [-0.4, -0.2) is 16.6 Å². The molecule has 0 radical (unpaired) electrons. The predicted octanol–water partition coefficient (Wildman–Crippen LogP) is 0.615. The van der Waals surface area contributed by atoms with Gasteiger partial charge in [-0.2, -0.15) is 5.10 Å².